The Morgan fingerprint density at radius 3 is 2.44 bits per heavy atom. The number of hydrogen-bond acceptors (Lipinski definition) is 4. The molecule has 2 heterocycles. The topological polar surface area (TPSA) is 25.8 Å². The third kappa shape index (κ3) is 3.45. The van der Waals surface area contributed by atoms with Crippen molar-refractivity contribution in [1.29, 1.82) is 0 Å². The molecule has 0 radical (unpaired) electrons. The average molecular weight is 427 g/mol. The molecule has 25 heavy (non-hydrogen) atoms. The van der Waals surface area contributed by atoms with Gasteiger partial charge in [0.2, 0.25) is 0 Å². The quantitative estimate of drug-likeness (QED) is 0.353. The predicted octanol–water partition coefficient (Wildman–Crippen LogP) is 6.98. The second-order valence-electron chi connectivity index (χ2n) is 5.85. The molecule has 0 aliphatic rings. The van der Waals surface area contributed by atoms with Crippen molar-refractivity contribution in [2.45, 2.75) is 13.8 Å². The van der Waals surface area contributed by atoms with Crippen LogP contribution in [0.5, 0.6) is 0 Å². The smallest absolute Gasteiger partial charge is 0.135 e. The lowest BCUT2D eigenvalue weighted by Crippen LogP contribution is -1.80. The second-order valence-corrected chi connectivity index (χ2v) is 8.62. The first-order valence-electron chi connectivity index (χ1n) is 7.86. The molecule has 0 aliphatic heterocycles. The summed E-state index contributed by atoms with van der Waals surface area (Å²) in [5.41, 5.74) is 5.60. The molecule has 4 aromatic rings. The highest BCUT2D eigenvalue weighted by Gasteiger charge is 2.15. The fourth-order valence-electron chi connectivity index (χ4n) is 2.63. The highest BCUT2D eigenvalue weighted by Crippen LogP contribution is 2.38. The van der Waals surface area contributed by atoms with Gasteiger partial charge >= 0.3 is 0 Å². The first-order chi connectivity index (χ1) is 12.1. The van der Waals surface area contributed by atoms with Crippen LogP contribution >= 0.6 is 38.6 Å². The number of halogens is 1. The summed E-state index contributed by atoms with van der Waals surface area (Å²) < 4.78 is 1.08. The lowest BCUT2D eigenvalue weighted by Gasteiger charge is -1.97. The van der Waals surface area contributed by atoms with Crippen LogP contribution in [0.25, 0.3) is 31.7 Å². The molecule has 0 aliphatic carbocycles. The van der Waals surface area contributed by atoms with E-state index < -0.39 is 0 Å². The predicted molar refractivity (Wildman–Crippen MR) is 111 cm³/mol. The molecular weight excluding hydrogens is 412 g/mol. The molecule has 0 fully saturated rings. The van der Waals surface area contributed by atoms with E-state index >= 15 is 0 Å². The molecule has 2 nitrogen and oxygen atoms in total. The normalized spacial score (nSPS) is 11.0. The van der Waals surface area contributed by atoms with Gasteiger partial charge in [-0.1, -0.05) is 51.8 Å². The molecule has 5 heteroatoms. The molecule has 4 rings (SSSR count). The van der Waals surface area contributed by atoms with Crippen LogP contribution in [0.15, 0.2) is 58.4 Å². The minimum Gasteiger partial charge on any atom is -0.241 e. The van der Waals surface area contributed by atoms with Gasteiger partial charge in [0.15, 0.2) is 0 Å². The average Bonchev–Trinajstić information content (AvgIpc) is 3.22. The Bertz CT molecular complexity index is 1030. The lowest BCUT2D eigenvalue weighted by molar-refractivity contribution is 1.26. The van der Waals surface area contributed by atoms with Gasteiger partial charge in [0.25, 0.3) is 0 Å². The van der Waals surface area contributed by atoms with Crippen molar-refractivity contribution in [3.63, 3.8) is 0 Å². The van der Waals surface area contributed by atoms with Crippen molar-refractivity contribution in [2.75, 3.05) is 0 Å². The number of benzene rings is 2. The van der Waals surface area contributed by atoms with E-state index in [1.54, 1.807) is 22.7 Å². The summed E-state index contributed by atoms with van der Waals surface area (Å²) in [6.45, 7) is 4.17. The van der Waals surface area contributed by atoms with Crippen LogP contribution in [0.4, 0.5) is 0 Å². The summed E-state index contributed by atoms with van der Waals surface area (Å²) >= 11 is 6.86. The van der Waals surface area contributed by atoms with Crippen molar-refractivity contribution in [1.82, 2.24) is 9.97 Å². The van der Waals surface area contributed by atoms with Gasteiger partial charge in [-0.05, 0) is 32.0 Å². The molecule has 2 aromatic heterocycles. The first kappa shape index (κ1) is 16.6. The van der Waals surface area contributed by atoms with Crippen LogP contribution in [-0.4, -0.2) is 9.97 Å². The molecular formula is C20H15BrN2S2. The number of thiazole rings is 2. The van der Waals surface area contributed by atoms with Crippen LogP contribution in [0.2, 0.25) is 0 Å². The van der Waals surface area contributed by atoms with Gasteiger partial charge in [0.1, 0.15) is 10.0 Å². The van der Waals surface area contributed by atoms with Gasteiger partial charge in [-0.3, -0.25) is 0 Å². The molecule has 0 spiro atoms. The van der Waals surface area contributed by atoms with Crippen LogP contribution in [-0.2, 0) is 0 Å². The maximum absolute atomic E-state index is 4.84. The van der Waals surface area contributed by atoms with E-state index in [0.717, 1.165) is 36.3 Å². The maximum Gasteiger partial charge on any atom is 0.135 e. The van der Waals surface area contributed by atoms with Crippen LogP contribution < -0.4 is 0 Å². The third-order valence-electron chi connectivity index (χ3n) is 3.90. The Morgan fingerprint density at radius 1 is 0.880 bits per heavy atom. The van der Waals surface area contributed by atoms with Crippen LogP contribution in [0.1, 0.15) is 11.3 Å². The van der Waals surface area contributed by atoms with Crippen molar-refractivity contribution < 1.29 is 0 Å². The highest BCUT2D eigenvalue weighted by molar-refractivity contribution is 9.10. The minimum atomic E-state index is 1.01. The standard InChI is InChI=1S/C20H15BrN2S2/c1-12-4-3-5-15(10-12)19-22-13(2)18(25-19)20-23-17(11-24-20)14-6-8-16(21)9-7-14/h3-11H,1-2H3. The van der Waals surface area contributed by atoms with Gasteiger partial charge in [-0.15, -0.1) is 22.7 Å². The zero-order chi connectivity index (χ0) is 17.4. The summed E-state index contributed by atoms with van der Waals surface area (Å²) in [5.74, 6) is 0. The molecule has 0 unspecified atom stereocenters. The molecule has 124 valence electrons. The number of nitrogens with zero attached hydrogens (tertiary/aromatic N) is 2. The van der Waals surface area contributed by atoms with E-state index in [1.807, 2.05) is 12.1 Å². The number of aromatic nitrogens is 2. The summed E-state index contributed by atoms with van der Waals surface area (Å²) in [5, 5.41) is 4.20. The van der Waals surface area contributed by atoms with E-state index in [9.17, 15) is 0 Å². The summed E-state index contributed by atoms with van der Waals surface area (Å²) in [4.78, 5) is 10.8. The molecule has 0 N–H and O–H groups in total. The molecule has 2 aromatic carbocycles. The Labute approximate surface area is 163 Å². The van der Waals surface area contributed by atoms with E-state index in [-0.39, 0.29) is 0 Å². The lowest BCUT2D eigenvalue weighted by atomic mass is 10.1. The van der Waals surface area contributed by atoms with E-state index in [0.29, 0.717) is 0 Å². The number of aryl methyl sites for hydroxylation is 2. The largest absolute Gasteiger partial charge is 0.241 e. The molecule has 0 saturated heterocycles. The fourth-order valence-corrected chi connectivity index (χ4v) is 4.93. The van der Waals surface area contributed by atoms with Gasteiger partial charge < -0.3 is 0 Å². The second kappa shape index (κ2) is 6.83. The SMILES string of the molecule is Cc1cccc(-c2nc(C)c(-c3nc(-c4ccc(Br)cc4)cs3)s2)c1. The fraction of sp³-hybridized carbons (Fsp3) is 0.100. The minimum absolute atomic E-state index is 1.01. The molecule has 0 bridgehead atoms. The monoisotopic (exact) mass is 426 g/mol. The summed E-state index contributed by atoms with van der Waals surface area (Å²) in [6.07, 6.45) is 0. The molecule has 0 atom stereocenters. The van der Waals surface area contributed by atoms with Crippen molar-refractivity contribution >= 4 is 38.6 Å². The van der Waals surface area contributed by atoms with Crippen molar-refractivity contribution in [2.24, 2.45) is 0 Å². The van der Waals surface area contributed by atoms with Crippen LogP contribution in [0.3, 0.4) is 0 Å². The Morgan fingerprint density at radius 2 is 1.68 bits per heavy atom. The Kier molecular flexibility index (Phi) is 4.54. The maximum atomic E-state index is 4.84. The number of rotatable bonds is 3. The zero-order valence-corrected chi connectivity index (χ0v) is 17.0. The van der Waals surface area contributed by atoms with E-state index in [2.05, 4.69) is 71.6 Å². The first-order valence-corrected chi connectivity index (χ1v) is 10.4. The summed E-state index contributed by atoms with van der Waals surface area (Å²) in [7, 11) is 0. The van der Waals surface area contributed by atoms with E-state index in [1.165, 1.54) is 11.1 Å². The van der Waals surface area contributed by atoms with Gasteiger partial charge in [-0.2, -0.15) is 0 Å². The van der Waals surface area contributed by atoms with Crippen LogP contribution in [0, 0.1) is 13.8 Å². The molecule has 0 saturated carbocycles. The van der Waals surface area contributed by atoms with E-state index in [4.69, 9.17) is 9.97 Å². The van der Waals surface area contributed by atoms with Gasteiger partial charge in [0.05, 0.1) is 16.3 Å². The Hall–Kier alpha value is -1.82. The van der Waals surface area contributed by atoms with Gasteiger partial charge in [-0.25, -0.2) is 9.97 Å². The molecule has 0 amide bonds. The Balaban J connectivity index is 1.70. The third-order valence-corrected chi connectivity index (χ3v) is 6.63. The zero-order valence-electron chi connectivity index (χ0n) is 13.8. The van der Waals surface area contributed by atoms with Crippen molar-refractivity contribution in [3.8, 4) is 31.7 Å². The summed E-state index contributed by atoms with van der Waals surface area (Å²) in [6, 6.07) is 16.7. The highest BCUT2D eigenvalue weighted by atomic mass is 79.9. The van der Waals surface area contributed by atoms with Crippen molar-refractivity contribution in [3.05, 3.63) is 69.6 Å². The number of hydrogen-bond donors (Lipinski definition) is 0. The van der Waals surface area contributed by atoms with Gasteiger partial charge in [0, 0.05) is 21.0 Å².